The van der Waals surface area contributed by atoms with E-state index in [1.54, 1.807) is 17.5 Å². The summed E-state index contributed by atoms with van der Waals surface area (Å²) in [5.41, 5.74) is 2.53. The molecule has 1 aliphatic carbocycles. The van der Waals surface area contributed by atoms with E-state index in [9.17, 15) is 5.11 Å². The molecular weight excluding hydrogens is 498 g/mol. The average molecular weight is 534 g/mol. The number of rotatable bonds is 6. The summed E-state index contributed by atoms with van der Waals surface area (Å²) >= 11 is 1.58. The molecule has 1 aromatic carbocycles. The molecule has 0 spiro atoms. The van der Waals surface area contributed by atoms with E-state index in [0.29, 0.717) is 5.75 Å². The van der Waals surface area contributed by atoms with Crippen LogP contribution in [-0.2, 0) is 0 Å². The highest BCUT2D eigenvalue weighted by molar-refractivity contribution is 7.22. The molecule has 10 heteroatoms. The van der Waals surface area contributed by atoms with Crippen LogP contribution in [0.2, 0.25) is 0 Å². The summed E-state index contributed by atoms with van der Waals surface area (Å²) in [6, 6.07) is 9.72. The van der Waals surface area contributed by atoms with Gasteiger partial charge in [0.15, 0.2) is 5.13 Å². The predicted octanol–water partition coefficient (Wildman–Crippen LogP) is 5.04. The van der Waals surface area contributed by atoms with Gasteiger partial charge < -0.3 is 25.0 Å². The number of hydrogen-bond acceptors (Lipinski definition) is 10. The van der Waals surface area contributed by atoms with Gasteiger partial charge in [-0.15, -0.1) is 0 Å². The van der Waals surface area contributed by atoms with Crippen molar-refractivity contribution in [3.05, 3.63) is 48.9 Å². The van der Waals surface area contributed by atoms with E-state index in [1.165, 1.54) is 0 Å². The Hall–Kier alpha value is -3.34. The molecule has 2 aliphatic rings. The maximum absolute atomic E-state index is 10.3. The number of fused-ring (bicyclic) bond motifs is 1. The molecule has 0 bridgehead atoms. The lowest BCUT2D eigenvalue weighted by molar-refractivity contribution is 0.116. The standard InChI is InChI=1S/C27H31N7O2S.CH4/c1-33-10-12-34(13-11-33)26-29-16-18(17-30-26)23-14-20(8-9-28-23)36-19-6-7-22-25(15-19)37-27(32-22)31-21-4-2-3-5-24(21)35;/h6-9,14-17,21,24,35H,2-5,10-13H2,1H3,(H,31,32);1H4/t21-,24-;/m1./s1. The predicted molar refractivity (Wildman–Crippen MR) is 153 cm³/mol. The Morgan fingerprint density at radius 2 is 1.74 bits per heavy atom. The zero-order valence-corrected chi connectivity index (χ0v) is 21.7. The van der Waals surface area contributed by atoms with Gasteiger partial charge in [0.05, 0.1) is 28.1 Å². The van der Waals surface area contributed by atoms with Gasteiger partial charge in [-0.3, -0.25) is 4.98 Å². The van der Waals surface area contributed by atoms with Crippen LogP contribution in [0.15, 0.2) is 48.9 Å². The summed E-state index contributed by atoms with van der Waals surface area (Å²) in [6.07, 6.45) is 9.13. The fourth-order valence-corrected chi connectivity index (χ4v) is 5.82. The van der Waals surface area contributed by atoms with Crippen LogP contribution in [0.5, 0.6) is 11.5 Å². The monoisotopic (exact) mass is 533 g/mol. The lowest BCUT2D eigenvalue weighted by Crippen LogP contribution is -2.45. The van der Waals surface area contributed by atoms with Crippen molar-refractivity contribution >= 4 is 32.6 Å². The van der Waals surface area contributed by atoms with Crippen LogP contribution in [0.1, 0.15) is 33.1 Å². The van der Waals surface area contributed by atoms with Gasteiger partial charge in [-0.1, -0.05) is 31.6 Å². The number of aliphatic hydroxyl groups excluding tert-OH is 1. The zero-order chi connectivity index (χ0) is 25.2. The molecule has 0 unspecified atom stereocenters. The summed E-state index contributed by atoms with van der Waals surface area (Å²) in [5.74, 6) is 2.19. The quantitative estimate of drug-likeness (QED) is 0.353. The van der Waals surface area contributed by atoms with E-state index in [1.807, 2.05) is 42.7 Å². The normalized spacial score (nSPS) is 20.2. The number of anilines is 2. The van der Waals surface area contributed by atoms with Crippen LogP contribution in [0.3, 0.4) is 0 Å². The molecule has 38 heavy (non-hydrogen) atoms. The lowest BCUT2D eigenvalue weighted by atomic mass is 9.93. The molecule has 0 radical (unpaired) electrons. The SMILES string of the molecule is C.CN1CCN(c2ncc(-c3cc(Oc4ccc5nc(N[C@@H]6CCCC[C@H]6O)sc5c4)ccn3)cn2)CC1. The molecule has 0 amide bonds. The fourth-order valence-electron chi connectivity index (χ4n) is 4.86. The van der Waals surface area contributed by atoms with E-state index in [4.69, 9.17) is 9.72 Å². The number of thiazole rings is 1. The zero-order valence-electron chi connectivity index (χ0n) is 20.9. The van der Waals surface area contributed by atoms with Crippen molar-refractivity contribution in [1.82, 2.24) is 24.8 Å². The third-order valence-corrected chi connectivity index (χ3v) is 8.03. The molecule has 2 fully saturated rings. The molecule has 2 N–H and O–H groups in total. The van der Waals surface area contributed by atoms with Crippen molar-refractivity contribution in [1.29, 1.82) is 0 Å². The van der Waals surface area contributed by atoms with Crippen LogP contribution in [-0.4, -0.2) is 75.3 Å². The Bertz CT molecular complexity index is 1360. The average Bonchev–Trinajstić information content (AvgIpc) is 3.32. The molecule has 1 aliphatic heterocycles. The minimum Gasteiger partial charge on any atom is -0.457 e. The minimum atomic E-state index is -0.311. The molecule has 2 atom stereocenters. The first-order chi connectivity index (χ1) is 18.1. The van der Waals surface area contributed by atoms with Gasteiger partial charge in [0.1, 0.15) is 11.5 Å². The summed E-state index contributed by atoms with van der Waals surface area (Å²) in [4.78, 5) is 22.9. The van der Waals surface area contributed by atoms with Crippen molar-refractivity contribution in [3.63, 3.8) is 0 Å². The second-order valence-electron chi connectivity index (χ2n) is 9.79. The highest BCUT2D eigenvalue weighted by atomic mass is 32.1. The van der Waals surface area contributed by atoms with E-state index in [-0.39, 0.29) is 19.6 Å². The molecule has 4 aromatic rings. The third kappa shape index (κ3) is 5.87. The van der Waals surface area contributed by atoms with E-state index in [0.717, 1.165) is 90.2 Å². The number of nitrogens with zero attached hydrogens (tertiary/aromatic N) is 6. The van der Waals surface area contributed by atoms with Gasteiger partial charge in [0.2, 0.25) is 5.95 Å². The molecule has 3 aromatic heterocycles. The molecule has 1 saturated heterocycles. The Kier molecular flexibility index (Phi) is 8.01. The largest absolute Gasteiger partial charge is 0.457 e. The number of aromatic nitrogens is 4. The van der Waals surface area contributed by atoms with E-state index in [2.05, 4.69) is 37.1 Å². The summed E-state index contributed by atoms with van der Waals surface area (Å²) in [7, 11) is 2.14. The van der Waals surface area contributed by atoms with Crippen LogP contribution < -0.4 is 15.0 Å². The van der Waals surface area contributed by atoms with Crippen molar-refractivity contribution in [2.45, 2.75) is 45.3 Å². The van der Waals surface area contributed by atoms with Crippen molar-refractivity contribution in [3.8, 4) is 22.8 Å². The van der Waals surface area contributed by atoms with Crippen LogP contribution in [0, 0.1) is 0 Å². The number of ether oxygens (including phenoxy) is 1. The molecule has 1 saturated carbocycles. The van der Waals surface area contributed by atoms with Crippen LogP contribution >= 0.6 is 11.3 Å². The van der Waals surface area contributed by atoms with Gasteiger partial charge in [-0.25, -0.2) is 15.0 Å². The number of aliphatic hydroxyl groups is 1. The number of pyridine rings is 1. The molecular formula is C28H35N7O2S. The first-order valence-electron chi connectivity index (χ1n) is 12.9. The van der Waals surface area contributed by atoms with Crippen LogP contribution in [0.25, 0.3) is 21.5 Å². The number of piperazine rings is 1. The summed E-state index contributed by atoms with van der Waals surface area (Å²) in [5, 5.41) is 14.5. The highest BCUT2D eigenvalue weighted by Crippen LogP contribution is 2.33. The number of nitrogens with one attached hydrogen (secondary N) is 1. The number of likely N-dealkylation sites (N-methyl/N-ethyl adjacent to an activating group) is 1. The van der Waals surface area contributed by atoms with E-state index >= 15 is 0 Å². The highest BCUT2D eigenvalue weighted by Gasteiger charge is 2.24. The minimum absolute atomic E-state index is 0. The summed E-state index contributed by atoms with van der Waals surface area (Å²) < 4.78 is 7.21. The van der Waals surface area contributed by atoms with E-state index < -0.39 is 0 Å². The van der Waals surface area contributed by atoms with Gasteiger partial charge in [0, 0.05) is 62.5 Å². The molecule has 200 valence electrons. The Morgan fingerprint density at radius 3 is 2.53 bits per heavy atom. The Labute approximate surface area is 227 Å². The lowest BCUT2D eigenvalue weighted by Gasteiger charge is -2.32. The fraction of sp³-hybridized carbons (Fsp3) is 0.429. The second-order valence-corrected chi connectivity index (χ2v) is 10.8. The molecule has 9 nitrogen and oxygen atoms in total. The first-order valence-corrected chi connectivity index (χ1v) is 13.7. The van der Waals surface area contributed by atoms with Gasteiger partial charge in [-0.05, 0) is 38.1 Å². The van der Waals surface area contributed by atoms with Crippen molar-refractivity contribution < 1.29 is 9.84 Å². The van der Waals surface area contributed by atoms with Gasteiger partial charge in [-0.2, -0.15) is 0 Å². The first kappa shape index (κ1) is 26.3. The maximum Gasteiger partial charge on any atom is 0.225 e. The van der Waals surface area contributed by atoms with Gasteiger partial charge >= 0.3 is 0 Å². The summed E-state index contributed by atoms with van der Waals surface area (Å²) in [6.45, 7) is 3.89. The number of hydrogen-bond donors (Lipinski definition) is 2. The van der Waals surface area contributed by atoms with Crippen LogP contribution in [0.4, 0.5) is 11.1 Å². The van der Waals surface area contributed by atoms with Crippen molar-refractivity contribution in [2.75, 3.05) is 43.4 Å². The molecule has 4 heterocycles. The van der Waals surface area contributed by atoms with Crippen molar-refractivity contribution in [2.24, 2.45) is 0 Å². The number of benzene rings is 1. The smallest absolute Gasteiger partial charge is 0.225 e. The van der Waals surface area contributed by atoms with Gasteiger partial charge in [0.25, 0.3) is 0 Å². The Balaban J connectivity index is 0.00000294. The maximum atomic E-state index is 10.3. The second kappa shape index (κ2) is 11.6. The topological polar surface area (TPSA) is 99.5 Å². The Morgan fingerprint density at radius 1 is 0.974 bits per heavy atom. The third-order valence-electron chi connectivity index (χ3n) is 7.09. The molecule has 6 rings (SSSR count).